The van der Waals surface area contributed by atoms with Crippen LogP contribution in [0, 0.1) is 0 Å². The Morgan fingerprint density at radius 2 is 1.91 bits per heavy atom. The summed E-state index contributed by atoms with van der Waals surface area (Å²) in [6.07, 6.45) is 2.94. The molecule has 0 saturated heterocycles. The minimum Gasteiger partial charge on any atom is -0.452 e. The number of hydrogen-bond donors (Lipinski definition) is 1. The third-order valence-electron chi connectivity index (χ3n) is 5.75. The second kappa shape index (κ2) is 8.93. The summed E-state index contributed by atoms with van der Waals surface area (Å²) in [5.74, 6) is -0.822. The first-order valence-corrected chi connectivity index (χ1v) is 11.5. The zero-order valence-corrected chi connectivity index (χ0v) is 18.2. The molecule has 0 aliphatic heterocycles. The van der Waals surface area contributed by atoms with E-state index in [0.717, 1.165) is 29.7 Å². The second-order valence-corrected chi connectivity index (χ2v) is 8.78. The largest absolute Gasteiger partial charge is 0.452 e. The fraction of sp³-hybridized carbons (Fsp3) is 0.192. The van der Waals surface area contributed by atoms with Crippen LogP contribution in [0.4, 0.5) is 0 Å². The van der Waals surface area contributed by atoms with Gasteiger partial charge in [-0.25, -0.2) is 9.78 Å². The van der Waals surface area contributed by atoms with Gasteiger partial charge in [0.25, 0.3) is 5.91 Å². The first-order chi connectivity index (χ1) is 15.7. The number of para-hydroxylation sites is 1. The molecule has 1 N–H and O–H groups in total. The molecule has 1 aliphatic rings. The zero-order chi connectivity index (χ0) is 21.9. The summed E-state index contributed by atoms with van der Waals surface area (Å²) in [5.41, 5.74) is 4.27. The summed E-state index contributed by atoms with van der Waals surface area (Å²) < 4.78 is 5.42. The molecule has 1 unspecified atom stereocenters. The predicted molar refractivity (Wildman–Crippen MR) is 126 cm³/mol. The number of carbonyl (C=O) groups is 2. The third kappa shape index (κ3) is 4.14. The predicted octanol–water partition coefficient (Wildman–Crippen LogP) is 5.31. The summed E-state index contributed by atoms with van der Waals surface area (Å²) in [6, 6.07) is 21.2. The van der Waals surface area contributed by atoms with E-state index >= 15 is 0 Å². The van der Waals surface area contributed by atoms with E-state index < -0.39 is 5.97 Å². The maximum atomic E-state index is 12.9. The van der Waals surface area contributed by atoms with E-state index in [1.807, 2.05) is 53.9 Å². The Morgan fingerprint density at radius 1 is 1.06 bits per heavy atom. The first kappa shape index (κ1) is 20.4. The van der Waals surface area contributed by atoms with Crippen LogP contribution in [-0.4, -0.2) is 23.5 Å². The number of fused-ring (bicyclic) bond motifs is 2. The maximum Gasteiger partial charge on any atom is 0.339 e. The van der Waals surface area contributed by atoms with Crippen molar-refractivity contribution in [1.29, 1.82) is 0 Å². The van der Waals surface area contributed by atoms with Crippen molar-refractivity contribution in [2.75, 3.05) is 6.61 Å². The van der Waals surface area contributed by atoms with Crippen molar-refractivity contribution in [2.24, 2.45) is 0 Å². The number of nitrogens with one attached hydrogen (secondary N) is 1. The molecule has 5 nitrogen and oxygen atoms in total. The van der Waals surface area contributed by atoms with E-state index in [1.54, 1.807) is 17.4 Å². The maximum absolute atomic E-state index is 12.9. The van der Waals surface area contributed by atoms with Crippen LogP contribution < -0.4 is 5.32 Å². The molecule has 2 aromatic heterocycles. The van der Waals surface area contributed by atoms with Crippen molar-refractivity contribution in [3.63, 3.8) is 0 Å². The smallest absolute Gasteiger partial charge is 0.339 e. The van der Waals surface area contributed by atoms with Gasteiger partial charge in [-0.1, -0.05) is 48.5 Å². The van der Waals surface area contributed by atoms with Gasteiger partial charge in [-0.3, -0.25) is 4.79 Å². The molecular weight excluding hydrogens is 420 g/mol. The van der Waals surface area contributed by atoms with E-state index in [-0.39, 0.29) is 18.6 Å². The summed E-state index contributed by atoms with van der Waals surface area (Å²) in [5, 5.41) is 5.70. The molecule has 1 amide bonds. The minimum atomic E-state index is -0.527. The number of hydrogen-bond acceptors (Lipinski definition) is 5. The van der Waals surface area contributed by atoms with Gasteiger partial charge in [0.1, 0.15) is 0 Å². The van der Waals surface area contributed by atoms with E-state index in [0.29, 0.717) is 22.2 Å². The first-order valence-electron chi connectivity index (χ1n) is 10.7. The highest BCUT2D eigenvalue weighted by Gasteiger charge is 2.22. The number of esters is 1. The highest BCUT2D eigenvalue weighted by atomic mass is 32.1. The monoisotopic (exact) mass is 442 g/mol. The Labute approximate surface area is 190 Å². The number of aryl methyl sites for hydroxylation is 1. The highest BCUT2D eigenvalue weighted by molar-refractivity contribution is 7.13. The van der Waals surface area contributed by atoms with Gasteiger partial charge in [0.2, 0.25) is 0 Å². The number of rotatable bonds is 5. The molecule has 6 heteroatoms. The van der Waals surface area contributed by atoms with E-state index in [1.165, 1.54) is 5.56 Å². The van der Waals surface area contributed by atoms with Crippen molar-refractivity contribution in [1.82, 2.24) is 10.3 Å². The Morgan fingerprint density at radius 3 is 2.78 bits per heavy atom. The molecule has 2 aromatic carbocycles. The van der Waals surface area contributed by atoms with Crippen LogP contribution in [0.1, 0.15) is 40.4 Å². The van der Waals surface area contributed by atoms with Gasteiger partial charge in [-0.05, 0) is 54.0 Å². The summed E-state index contributed by atoms with van der Waals surface area (Å²) in [7, 11) is 0. The Hall–Kier alpha value is -3.51. The fourth-order valence-corrected chi connectivity index (χ4v) is 4.93. The van der Waals surface area contributed by atoms with Crippen molar-refractivity contribution in [2.45, 2.75) is 25.3 Å². The van der Waals surface area contributed by atoms with Gasteiger partial charge in [-0.15, -0.1) is 11.3 Å². The molecule has 0 saturated carbocycles. The number of amides is 1. The quantitative estimate of drug-likeness (QED) is 0.425. The Bertz CT molecular complexity index is 1280. The second-order valence-electron chi connectivity index (χ2n) is 7.84. The SMILES string of the molecule is O=C(COC(=O)c1cc(-c2cccs2)nc2ccccc12)NC1CCCc2ccccc21. The molecule has 1 aliphatic carbocycles. The van der Waals surface area contributed by atoms with Gasteiger partial charge < -0.3 is 10.1 Å². The lowest BCUT2D eigenvalue weighted by molar-refractivity contribution is -0.125. The summed E-state index contributed by atoms with van der Waals surface area (Å²) in [6.45, 7) is -0.317. The Kier molecular flexibility index (Phi) is 5.69. The molecule has 0 bridgehead atoms. The summed E-state index contributed by atoms with van der Waals surface area (Å²) >= 11 is 1.56. The molecular formula is C26H22N2O3S. The number of nitrogens with zero attached hydrogens (tertiary/aromatic N) is 1. The van der Waals surface area contributed by atoms with E-state index in [2.05, 4.69) is 22.4 Å². The van der Waals surface area contributed by atoms with Crippen LogP contribution in [0.25, 0.3) is 21.5 Å². The highest BCUT2D eigenvalue weighted by Crippen LogP contribution is 2.30. The van der Waals surface area contributed by atoms with Gasteiger partial charge >= 0.3 is 5.97 Å². The van der Waals surface area contributed by atoms with Crippen molar-refractivity contribution in [3.8, 4) is 10.6 Å². The number of thiophene rings is 1. The number of pyridine rings is 1. The molecule has 1 atom stereocenters. The molecule has 4 aromatic rings. The van der Waals surface area contributed by atoms with Gasteiger partial charge in [0.15, 0.2) is 6.61 Å². The third-order valence-corrected chi connectivity index (χ3v) is 6.64. The number of aromatic nitrogens is 1. The van der Waals surface area contributed by atoms with Gasteiger partial charge in [0.05, 0.1) is 27.7 Å². The van der Waals surface area contributed by atoms with Gasteiger partial charge in [-0.2, -0.15) is 0 Å². The van der Waals surface area contributed by atoms with Crippen LogP contribution >= 0.6 is 11.3 Å². The lowest BCUT2D eigenvalue weighted by Gasteiger charge is -2.26. The van der Waals surface area contributed by atoms with Crippen molar-refractivity contribution >= 4 is 34.1 Å². The standard InChI is InChI=1S/C26H22N2O3S/c29-25(28-21-12-5-8-17-7-1-2-9-18(17)21)16-31-26(30)20-15-23(24-13-6-14-32-24)27-22-11-4-3-10-19(20)22/h1-4,6-7,9-11,13-15,21H,5,8,12,16H2,(H,28,29). The molecule has 32 heavy (non-hydrogen) atoms. The van der Waals surface area contributed by atoms with Crippen LogP contribution in [0.2, 0.25) is 0 Å². The van der Waals surface area contributed by atoms with Gasteiger partial charge in [0, 0.05) is 5.39 Å². The number of carbonyl (C=O) groups excluding carboxylic acids is 2. The van der Waals surface area contributed by atoms with Crippen LogP contribution in [-0.2, 0) is 16.0 Å². The molecule has 0 spiro atoms. The van der Waals surface area contributed by atoms with Crippen LogP contribution in [0.5, 0.6) is 0 Å². The zero-order valence-electron chi connectivity index (χ0n) is 17.4. The molecule has 0 radical (unpaired) electrons. The van der Waals surface area contributed by atoms with Crippen LogP contribution in [0.3, 0.4) is 0 Å². The number of ether oxygens (including phenoxy) is 1. The number of benzene rings is 2. The normalized spacial score (nSPS) is 15.2. The van der Waals surface area contributed by atoms with Crippen LogP contribution in [0.15, 0.2) is 72.1 Å². The lowest BCUT2D eigenvalue weighted by atomic mass is 9.88. The average Bonchev–Trinajstić information content (AvgIpc) is 3.37. The molecule has 0 fully saturated rings. The van der Waals surface area contributed by atoms with E-state index in [4.69, 9.17) is 4.74 Å². The van der Waals surface area contributed by atoms with E-state index in [9.17, 15) is 9.59 Å². The lowest BCUT2D eigenvalue weighted by Crippen LogP contribution is -2.34. The van der Waals surface area contributed by atoms with Crippen molar-refractivity contribution in [3.05, 3.63) is 88.8 Å². The molecule has 5 rings (SSSR count). The van der Waals surface area contributed by atoms with Crippen molar-refractivity contribution < 1.29 is 14.3 Å². The topological polar surface area (TPSA) is 68.3 Å². The summed E-state index contributed by atoms with van der Waals surface area (Å²) in [4.78, 5) is 31.2. The average molecular weight is 443 g/mol. The fourth-order valence-electron chi connectivity index (χ4n) is 4.24. The minimum absolute atomic E-state index is 0.0432. The molecule has 160 valence electrons. The molecule has 2 heterocycles. The Balaban J connectivity index is 1.32.